The van der Waals surface area contributed by atoms with Crippen molar-refractivity contribution in [2.24, 2.45) is 0 Å². The molecule has 0 saturated carbocycles. The molecule has 17 heavy (non-hydrogen) atoms. The maximum absolute atomic E-state index is 10.8. The highest BCUT2D eigenvalue weighted by molar-refractivity contribution is 7.99. The Morgan fingerprint density at radius 2 is 2.12 bits per heavy atom. The Labute approximate surface area is 105 Å². The van der Waals surface area contributed by atoms with Crippen LogP contribution in [-0.4, -0.2) is 21.4 Å². The molecule has 4 nitrogen and oxygen atoms in total. The quantitative estimate of drug-likeness (QED) is 0.649. The number of benzene rings is 1. The van der Waals surface area contributed by atoms with Crippen LogP contribution in [-0.2, 0) is 5.75 Å². The van der Waals surface area contributed by atoms with Gasteiger partial charge in [0.1, 0.15) is 0 Å². The van der Waals surface area contributed by atoms with Gasteiger partial charge in [-0.15, -0.1) is 0 Å². The van der Waals surface area contributed by atoms with E-state index in [0.29, 0.717) is 11.3 Å². The molecule has 94 valence electrons. The third-order valence-corrected chi connectivity index (χ3v) is 4.19. The maximum atomic E-state index is 10.8. The van der Waals surface area contributed by atoms with Crippen LogP contribution in [0.5, 0.6) is 0 Å². The van der Waals surface area contributed by atoms with Crippen molar-refractivity contribution in [3.05, 3.63) is 39.4 Å². The number of hydrogen-bond acceptors (Lipinski definition) is 4. The van der Waals surface area contributed by atoms with Gasteiger partial charge in [-0.2, -0.15) is 11.8 Å². The van der Waals surface area contributed by atoms with Crippen molar-refractivity contribution < 1.29 is 10.0 Å². The summed E-state index contributed by atoms with van der Waals surface area (Å²) in [7, 11) is 0. The third kappa shape index (κ3) is 3.71. The molecule has 0 spiro atoms. The number of nitrogens with zero attached hydrogens (tertiary/aromatic N) is 1. The summed E-state index contributed by atoms with van der Waals surface area (Å²) in [6.07, 6.45) is -0.376. The summed E-state index contributed by atoms with van der Waals surface area (Å²) >= 11 is 1.60. The molecule has 0 amide bonds. The van der Waals surface area contributed by atoms with Crippen molar-refractivity contribution in [1.82, 2.24) is 0 Å². The average Bonchev–Trinajstić information content (AvgIpc) is 2.26. The van der Waals surface area contributed by atoms with Crippen molar-refractivity contribution in [1.29, 1.82) is 0 Å². The highest BCUT2D eigenvalue weighted by Crippen LogP contribution is 2.26. The minimum Gasteiger partial charge on any atom is -0.392 e. The van der Waals surface area contributed by atoms with Crippen LogP contribution >= 0.6 is 11.8 Å². The zero-order valence-electron chi connectivity index (χ0n) is 10.2. The molecule has 0 aliphatic heterocycles. The van der Waals surface area contributed by atoms with Crippen LogP contribution in [0.3, 0.4) is 0 Å². The van der Waals surface area contributed by atoms with Crippen molar-refractivity contribution in [2.45, 2.75) is 37.9 Å². The summed E-state index contributed by atoms with van der Waals surface area (Å²) in [4.78, 5) is 10.4. The summed E-state index contributed by atoms with van der Waals surface area (Å²) in [5.41, 5.74) is 1.83. The highest BCUT2D eigenvalue weighted by atomic mass is 32.2. The minimum atomic E-state index is -0.376. The predicted molar refractivity (Wildman–Crippen MR) is 70.3 cm³/mol. The molecule has 1 aromatic carbocycles. The third-order valence-electron chi connectivity index (χ3n) is 2.80. The van der Waals surface area contributed by atoms with Crippen LogP contribution in [0.2, 0.25) is 0 Å². The van der Waals surface area contributed by atoms with Gasteiger partial charge in [0.15, 0.2) is 0 Å². The molecule has 0 aliphatic rings. The fourth-order valence-electron chi connectivity index (χ4n) is 1.38. The smallest absolute Gasteiger partial charge is 0.272 e. The van der Waals surface area contributed by atoms with Crippen molar-refractivity contribution >= 4 is 17.4 Å². The monoisotopic (exact) mass is 255 g/mol. The average molecular weight is 255 g/mol. The molecule has 1 aromatic rings. The van der Waals surface area contributed by atoms with Gasteiger partial charge < -0.3 is 5.11 Å². The van der Waals surface area contributed by atoms with E-state index in [2.05, 4.69) is 0 Å². The summed E-state index contributed by atoms with van der Waals surface area (Å²) in [5.74, 6) is 0.680. The zero-order valence-corrected chi connectivity index (χ0v) is 11.0. The number of hydrogen-bond donors (Lipinski definition) is 1. The van der Waals surface area contributed by atoms with Crippen LogP contribution in [0.1, 0.15) is 25.0 Å². The number of nitro groups is 1. The van der Waals surface area contributed by atoms with E-state index < -0.39 is 0 Å². The Morgan fingerprint density at radius 1 is 1.47 bits per heavy atom. The lowest BCUT2D eigenvalue weighted by atomic mass is 10.1. The molecule has 2 unspecified atom stereocenters. The molecule has 0 saturated heterocycles. The minimum absolute atomic E-state index is 0.119. The standard InChI is InChI=1S/C12H17NO3S/c1-8-11(7-17-10(3)9(2)14)5-4-6-12(8)13(15)16/h4-6,9-10,14H,7H2,1-3H3. The molecule has 5 heteroatoms. The second kappa shape index (κ2) is 6.02. The van der Waals surface area contributed by atoms with Crippen molar-refractivity contribution in [2.75, 3.05) is 0 Å². The van der Waals surface area contributed by atoms with E-state index in [1.807, 2.05) is 13.0 Å². The Bertz CT molecular complexity index is 407. The molecular formula is C12H17NO3S. The van der Waals surface area contributed by atoms with Crippen LogP contribution < -0.4 is 0 Å². The first-order valence-electron chi connectivity index (χ1n) is 5.46. The van der Waals surface area contributed by atoms with Crippen LogP contribution in [0.4, 0.5) is 5.69 Å². The van der Waals surface area contributed by atoms with E-state index in [1.165, 1.54) is 6.07 Å². The Kier molecular flexibility index (Phi) is 4.96. The number of aliphatic hydroxyl groups is 1. The zero-order chi connectivity index (χ0) is 13.0. The Morgan fingerprint density at radius 3 is 2.65 bits per heavy atom. The summed E-state index contributed by atoms with van der Waals surface area (Å²) in [6.45, 7) is 5.46. The predicted octanol–water partition coefficient (Wildman–Crippen LogP) is 2.91. The lowest BCUT2D eigenvalue weighted by molar-refractivity contribution is -0.385. The van der Waals surface area contributed by atoms with Crippen LogP contribution in [0.25, 0.3) is 0 Å². The summed E-state index contributed by atoms with van der Waals surface area (Å²) < 4.78 is 0. The van der Waals surface area contributed by atoms with Gasteiger partial charge in [0.25, 0.3) is 5.69 Å². The summed E-state index contributed by atoms with van der Waals surface area (Å²) in [6, 6.07) is 5.11. The lowest BCUT2D eigenvalue weighted by Crippen LogP contribution is -2.15. The van der Waals surface area contributed by atoms with E-state index in [0.717, 1.165) is 5.56 Å². The molecule has 0 heterocycles. The first-order chi connectivity index (χ1) is 7.93. The Hall–Kier alpha value is -1.07. The Balaban J connectivity index is 2.79. The normalized spacial score (nSPS) is 14.4. The number of thioether (sulfide) groups is 1. The molecule has 0 aromatic heterocycles. The van der Waals surface area contributed by atoms with Crippen LogP contribution in [0.15, 0.2) is 18.2 Å². The topological polar surface area (TPSA) is 63.4 Å². The fourth-order valence-corrected chi connectivity index (χ4v) is 2.42. The van der Waals surface area contributed by atoms with Gasteiger partial charge in [-0.05, 0) is 19.4 Å². The molecule has 1 rings (SSSR count). The maximum Gasteiger partial charge on any atom is 0.272 e. The molecule has 0 fully saturated rings. The molecule has 0 radical (unpaired) electrons. The number of nitro benzene ring substituents is 1. The number of aliphatic hydroxyl groups excluding tert-OH is 1. The van der Waals surface area contributed by atoms with Gasteiger partial charge in [0.2, 0.25) is 0 Å². The summed E-state index contributed by atoms with van der Waals surface area (Å²) in [5, 5.41) is 20.3. The van der Waals surface area contributed by atoms with E-state index in [1.54, 1.807) is 31.7 Å². The van der Waals surface area contributed by atoms with E-state index in [4.69, 9.17) is 0 Å². The van der Waals surface area contributed by atoms with Gasteiger partial charge in [-0.25, -0.2) is 0 Å². The van der Waals surface area contributed by atoms with Gasteiger partial charge >= 0.3 is 0 Å². The van der Waals surface area contributed by atoms with Crippen LogP contribution in [0, 0.1) is 17.0 Å². The SMILES string of the molecule is Cc1c(CSC(C)C(C)O)cccc1[N+](=O)[O-]. The lowest BCUT2D eigenvalue weighted by Gasteiger charge is -2.14. The van der Waals surface area contributed by atoms with E-state index >= 15 is 0 Å². The van der Waals surface area contributed by atoms with Crippen molar-refractivity contribution in [3.63, 3.8) is 0 Å². The first-order valence-corrected chi connectivity index (χ1v) is 6.51. The van der Waals surface area contributed by atoms with Crippen molar-refractivity contribution in [3.8, 4) is 0 Å². The molecule has 0 aliphatic carbocycles. The molecule has 0 bridgehead atoms. The molecule has 1 N–H and O–H groups in total. The largest absolute Gasteiger partial charge is 0.392 e. The molecule has 2 atom stereocenters. The highest BCUT2D eigenvalue weighted by Gasteiger charge is 2.15. The molecular weight excluding hydrogens is 238 g/mol. The first kappa shape index (κ1) is 14.0. The number of rotatable bonds is 5. The fraction of sp³-hybridized carbons (Fsp3) is 0.500. The van der Waals surface area contributed by atoms with Gasteiger partial charge in [0, 0.05) is 22.6 Å². The van der Waals surface area contributed by atoms with E-state index in [9.17, 15) is 15.2 Å². The van der Waals surface area contributed by atoms with Gasteiger partial charge in [0.05, 0.1) is 11.0 Å². The van der Waals surface area contributed by atoms with E-state index in [-0.39, 0.29) is 22.0 Å². The van der Waals surface area contributed by atoms with Gasteiger partial charge in [-0.3, -0.25) is 10.1 Å². The second-order valence-electron chi connectivity index (χ2n) is 4.08. The van der Waals surface area contributed by atoms with Gasteiger partial charge in [-0.1, -0.05) is 19.1 Å². The second-order valence-corrected chi connectivity index (χ2v) is 5.44.